The van der Waals surface area contributed by atoms with Crippen molar-refractivity contribution in [1.29, 1.82) is 0 Å². The fourth-order valence-electron chi connectivity index (χ4n) is 4.80. The Labute approximate surface area is 165 Å². The molecule has 0 spiro atoms. The van der Waals surface area contributed by atoms with Gasteiger partial charge in [0.25, 0.3) is 0 Å². The van der Waals surface area contributed by atoms with Gasteiger partial charge in [-0.2, -0.15) is 0 Å². The van der Waals surface area contributed by atoms with Crippen molar-refractivity contribution in [2.24, 2.45) is 5.92 Å². The zero-order valence-electron chi connectivity index (χ0n) is 16.7. The highest BCUT2D eigenvalue weighted by Crippen LogP contribution is 2.47. The predicted molar refractivity (Wildman–Crippen MR) is 107 cm³/mol. The lowest BCUT2D eigenvalue weighted by molar-refractivity contribution is -0.274. The summed E-state index contributed by atoms with van der Waals surface area (Å²) in [4.78, 5) is 0. The molecule has 0 saturated heterocycles. The van der Waals surface area contributed by atoms with Gasteiger partial charge in [-0.15, -0.1) is 13.2 Å². The number of hydrogen-bond acceptors (Lipinski definition) is 1. The average molecular weight is 390 g/mol. The monoisotopic (exact) mass is 390 g/mol. The van der Waals surface area contributed by atoms with Crippen LogP contribution in [0.25, 0.3) is 11.1 Å². The summed E-state index contributed by atoms with van der Waals surface area (Å²) in [5.41, 5.74) is 3.57. The Balaban J connectivity index is 1.82. The van der Waals surface area contributed by atoms with Crippen molar-refractivity contribution >= 4 is 0 Å². The molecule has 1 saturated carbocycles. The zero-order chi connectivity index (χ0) is 20.2. The zero-order valence-corrected chi connectivity index (χ0v) is 16.7. The molecule has 1 aliphatic carbocycles. The molecule has 1 unspecified atom stereocenters. The highest BCUT2D eigenvalue weighted by molar-refractivity contribution is 5.64. The predicted octanol–water partition coefficient (Wildman–Crippen LogP) is 7.89. The molecule has 0 amide bonds. The second kappa shape index (κ2) is 8.59. The van der Waals surface area contributed by atoms with Gasteiger partial charge in [0.15, 0.2) is 0 Å². The maximum Gasteiger partial charge on any atom is 0.573 e. The van der Waals surface area contributed by atoms with E-state index in [0.29, 0.717) is 5.92 Å². The van der Waals surface area contributed by atoms with Crippen molar-refractivity contribution < 1.29 is 17.9 Å². The Morgan fingerprint density at radius 3 is 1.93 bits per heavy atom. The number of halogens is 3. The van der Waals surface area contributed by atoms with Crippen LogP contribution >= 0.6 is 0 Å². The number of benzene rings is 2. The smallest absolute Gasteiger partial charge is 0.406 e. The van der Waals surface area contributed by atoms with Crippen LogP contribution in [0.1, 0.15) is 64.4 Å². The van der Waals surface area contributed by atoms with Gasteiger partial charge in [0.1, 0.15) is 5.75 Å². The molecule has 28 heavy (non-hydrogen) atoms. The Hall–Kier alpha value is -1.97. The molecule has 1 fully saturated rings. The quantitative estimate of drug-likeness (QED) is 0.487. The van der Waals surface area contributed by atoms with Crippen molar-refractivity contribution in [3.8, 4) is 16.9 Å². The normalized spacial score (nSPS) is 17.9. The van der Waals surface area contributed by atoms with Crippen LogP contribution in [0.15, 0.2) is 48.5 Å². The summed E-state index contributed by atoms with van der Waals surface area (Å²) in [6.07, 6.45) is 4.17. The minimum atomic E-state index is -4.66. The molecule has 3 rings (SSSR count). The Morgan fingerprint density at radius 2 is 1.43 bits per heavy atom. The lowest BCUT2D eigenvalue weighted by atomic mass is 9.61. The van der Waals surface area contributed by atoms with E-state index in [-0.39, 0.29) is 11.2 Å². The summed E-state index contributed by atoms with van der Waals surface area (Å²) >= 11 is 0. The van der Waals surface area contributed by atoms with Crippen LogP contribution in [-0.2, 0) is 5.41 Å². The van der Waals surface area contributed by atoms with Crippen LogP contribution in [0.5, 0.6) is 5.75 Å². The molecule has 0 aromatic heterocycles. The molecule has 0 bridgehead atoms. The van der Waals surface area contributed by atoms with Crippen molar-refractivity contribution in [3.63, 3.8) is 0 Å². The first kappa shape index (κ1) is 20.8. The van der Waals surface area contributed by atoms with E-state index < -0.39 is 6.36 Å². The molecule has 1 atom stereocenters. The largest absolute Gasteiger partial charge is 0.573 e. The highest BCUT2D eigenvalue weighted by atomic mass is 19.4. The fourth-order valence-corrected chi connectivity index (χ4v) is 4.80. The van der Waals surface area contributed by atoms with Gasteiger partial charge in [0.2, 0.25) is 0 Å². The van der Waals surface area contributed by atoms with E-state index in [4.69, 9.17) is 0 Å². The summed E-state index contributed by atoms with van der Waals surface area (Å²) in [6, 6.07) is 14.7. The first-order valence-electron chi connectivity index (χ1n) is 10.3. The van der Waals surface area contributed by atoms with E-state index in [1.165, 1.54) is 62.6 Å². The fraction of sp³-hybridized carbons (Fsp3) is 0.500. The molecule has 0 heterocycles. The van der Waals surface area contributed by atoms with E-state index >= 15 is 0 Å². The number of alkyl halides is 3. The van der Waals surface area contributed by atoms with Gasteiger partial charge in [-0.25, -0.2) is 0 Å². The molecule has 1 aliphatic rings. The van der Waals surface area contributed by atoms with Gasteiger partial charge in [-0.1, -0.05) is 82.3 Å². The molecule has 152 valence electrons. The lowest BCUT2D eigenvalue weighted by Crippen LogP contribution is -2.36. The van der Waals surface area contributed by atoms with Crippen LogP contribution in [0.2, 0.25) is 0 Å². The van der Waals surface area contributed by atoms with Gasteiger partial charge in [-0.3, -0.25) is 0 Å². The average Bonchev–Trinajstić information content (AvgIpc) is 2.68. The molecule has 1 nitrogen and oxygen atoms in total. The summed E-state index contributed by atoms with van der Waals surface area (Å²) in [6.45, 7) is 4.64. The molecular formula is C24H29F3O. The van der Waals surface area contributed by atoms with E-state index in [9.17, 15) is 13.2 Å². The molecule has 0 radical (unpaired) electrons. The van der Waals surface area contributed by atoms with Crippen LogP contribution in [0.4, 0.5) is 13.2 Å². The standard InChI is InChI=1S/C24H29F3O/c1-3-7-18(2)23(16-5-4-6-17-23)21-12-8-19(9-13-21)20-10-14-22(15-11-20)28-24(25,26)27/h8-15,18H,3-7,16-17H2,1-2H3. The van der Waals surface area contributed by atoms with Crippen LogP contribution < -0.4 is 4.74 Å². The Morgan fingerprint density at radius 1 is 0.893 bits per heavy atom. The molecular weight excluding hydrogens is 361 g/mol. The second-order valence-electron chi connectivity index (χ2n) is 8.06. The SMILES string of the molecule is CCCC(C)C1(c2ccc(-c3ccc(OC(F)(F)F)cc3)cc2)CCCCC1. The van der Waals surface area contributed by atoms with Gasteiger partial charge < -0.3 is 4.74 Å². The maximum absolute atomic E-state index is 12.3. The number of ether oxygens (including phenoxy) is 1. The van der Waals surface area contributed by atoms with Crippen LogP contribution in [0, 0.1) is 5.92 Å². The Bertz CT molecular complexity index is 741. The van der Waals surface area contributed by atoms with Crippen molar-refractivity contribution in [1.82, 2.24) is 0 Å². The minimum absolute atomic E-state index is 0.192. The minimum Gasteiger partial charge on any atom is -0.406 e. The second-order valence-corrected chi connectivity index (χ2v) is 8.06. The van der Waals surface area contributed by atoms with Gasteiger partial charge in [-0.05, 0) is 53.0 Å². The molecule has 2 aromatic rings. The van der Waals surface area contributed by atoms with Crippen molar-refractivity contribution in [3.05, 3.63) is 54.1 Å². The van der Waals surface area contributed by atoms with Gasteiger partial charge in [0.05, 0.1) is 0 Å². The number of rotatable bonds is 6. The topological polar surface area (TPSA) is 9.23 Å². The summed E-state index contributed by atoms with van der Waals surface area (Å²) in [5, 5.41) is 0. The molecule has 2 aromatic carbocycles. The summed E-state index contributed by atoms with van der Waals surface area (Å²) in [5.74, 6) is 0.463. The first-order chi connectivity index (χ1) is 13.3. The van der Waals surface area contributed by atoms with E-state index in [1.54, 1.807) is 12.1 Å². The lowest BCUT2D eigenvalue weighted by Gasteiger charge is -2.43. The van der Waals surface area contributed by atoms with Crippen LogP contribution in [0.3, 0.4) is 0 Å². The molecule has 0 aliphatic heterocycles. The van der Waals surface area contributed by atoms with E-state index in [2.05, 4.69) is 42.8 Å². The van der Waals surface area contributed by atoms with Crippen molar-refractivity contribution in [2.75, 3.05) is 0 Å². The third-order valence-electron chi connectivity index (χ3n) is 6.29. The Kier molecular flexibility index (Phi) is 6.36. The third-order valence-corrected chi connectivity index (χ3v) is 6.29. The van der Waals surface area contributed by atoms with Crippen molar-refractivity contribution in [2.45, 2.75) is 70.6 Å². The summed E-state index contributed by atoms with van der Waals surface area (Å²) in [7, 11) is 0. The van der Waals surface area contributed by atoms with E-state index in [1.807, 2.05) is 0 Å². The third kappa shape index (κ3) is 4.71. The molecule has 4 heteroatoms. The first-order valence-corrected chi connectivity index (χ1v) is 10.3. The molecule has 0 N–H and O–H groups in total. The summed E-state index contributed by atoms with van der Waals surface area (Å²) < 4.78 is 40.9. The highest BCUT2D eigenvalue weighted by Gasteiger charge is 2.38. The van der Waals surface area contributed by atoms with Gasteiger partial charge >= 0.3 is 6.36 Å². The van der Waals surface area contributed by atoms with Gasteiger partial charge in [0, 0.05) is 0 Å². The maximum atomic E-state index is 12.3. The number of hydrogen-bond donors (Lipinski definition) is 0. The van der Waals surface area contributed by atoms with Crippen LogP contribution in [-0.4, -0.2) is 6.36 Å². The van der Waals surface area contributed by atoms with E-state index in [0.717, 1.165) is 11.1 Å².